The summed E-state index contributed by atoms with van der Waals surface area (Å²) >= 11 is 0. The molecule has 3 rings (SSSR count). The number of ether oxygens (including phenoxy) is 1. The van der Waals surface area contributed by atoms with Crippen molar-refractivity contribution in [2.24, 2.45) is 5.14 Å². The second-order valence-electron chi connectivity index (χ2n) is 6.52. The number of amides is 1. The number of methoxy groups -OCH3 is 1. The van der Waals surface area contributed by atoms with E-state index in [-0.39, 0.29) is 16.9 Å². The van der Waals surface area contributed by atoms with Gasteiger partial charge in [-0.05, 0) is 61.4 Å². The molecule has 27 heavy (non-hydrogen) atoms. The standard InChI is InChI=1S/C19H23N3O4S/c1-26-17-3-2-12-22(13-17)16-8-6-15(7-9-16)21-19(23)14-4-10-18(11-5-14)27(20,24)25/h4-11,17H,2-3,12-13H2,1H3,(H,21,23)(H2,20,24,25). The van der Waals surface area contributed by atoms with Crippen molar-refractivity contribution in [2.45, 2.75) is 23.8 Å². The van der Waals surface area contributed by atoms with Crippen molar-refractivity contribution in [3.8, 4) is 0 Å². The van der Waals surface area contributed by atoms with Crippen molar-refractivity contribution < 1.29 is 17.9 Å². The number of hydrogen-bond donors (Lipinski definition) is 2. The normalized spacial score (nSPS) is 17.6. The van der Waals surface area contributed by atoms with Gasteiger partial charge in [0.2, 0.25) is 10.0 Å². The topological polar surface area (TPSA) is 102 Å². The molecule has 2 aromatic rings. The van der Waals surface area contributed by atoms with Crippen LogP contribution in [0.1, 0.15) is 23.2 Å². The predicted octanol–water partition coefficient (Wildman–Crippen LogP) is 2.20. The van der Waals surface area contributed by atoms with E-state index in [9.17, 15) is 13.2 Å². The Balaban J connectivity index is 1.65. The molecule has 3 N–H and O–H groups in total. The number of piperidine rings is 1. The van der Waals surface area contributed by atoms with E-state index in [1.165, 1.54) is 24.3 Å². The fourth-order valence-electron chi connectivity index (χ4n) is 3.12. The van der Waals surface area contributed by atoms with Gasteiger partial charge in [-0.2, -0.15) is 0 Å². The second kappa shape index (κ2) is 8.08. The van der Waals surface area contributed by atoms with Crippen LogP contribution in [-0.4, -0.2) is 40.6 Å². The zero-order valence-electron chi connectivity index (χ0n) is 15.1. The Morgan fingerprint density at radius 3 is 2.41 bits per heavy atom. The summed E-state index contributed by atoms with van der Waals surface area (Å²) in [6.07, 6.45) is 2.41. The zero-order chi connectivity index (χ0) is 19.4. The highest BCUT2D eigenvalue weighted by atomic mass is 32.2. The van der Waals surface area contributed by atoms with Gasteiger partial charge in [0.05, 0.1) is 11.0 Å². The number of benzene rings is 2. The Bertz CT molecular complexity index is 896. The van der Waals surface area contributed by atoms with Crippen molar-refractivity contribution >= 4 is 27.3 Å². The van der Waals surface area contributed by atoms with E-state index in [1.807, 2.05) is 24.3 Å². The quantitative estimate of drug-likeness (QED) is 0.816. The lowest BCUT2D eigenvalue weighted by atomic mass is 10.1. The first kappa shape index (κ1) is 19.3. The number of rotatable bonds is 5. The van der Waals surface area contributed by atoms with Gasteiger partial charge in [-0.25, -0.2) is 13.6 Å². The maximum atomic E-state index is 12.3. The van der Waals surface area contributed by atoms with E-state index in [2.05, 4.69) is 10.2 Å². The van der Waals surface area contributed by atoms with Crippen LogP contribution in [0.3, 0.4) is 0 Å². The lowest BCUT2D eigenvalue weighted by Gasteiger charge is -2.33. The number of nitrogens with two attached hydrogens (primary N) is 1. The molecule has 144 valence electrons. The number of carbonyl (C=O) groups is 1. The van der Waals surface area contributed by atoms with Gasteiger partial charge in [0.1, 0.15) is 0 Å². The Kier molecular flexibility index (Phi) is 5.79. The van der Waals surface area contributed by atoms with Gasteiger partial charge < -0.3 is 15.0 Å². The molecule has 1 atom stereocenters. The van der Waals surface area contributed by atoms with Crippen molar-refractivity contribution in [1.29, 1.82) is 0 Å². The van der Waals surface area contributed by atoms with E-state index in [0.717, 1.165) is 31.6 Å². The molecule has 1 heterocycles. The molecule has 1 amide bonds. The average molecular weight is 389 g/mol. The molecule has 1 aliphatic rings. The molecule has 1 aliphatic heterocycles. The van der Waals surface area contributed by atoms with Crippen LogP contribution in [0.5, 0.6) is 0 Å². The Labute approximate surface area is 159 Å². The number of carbonyl (C=O) groups excluding carboxylic acids is 1. The molecule has 0 radical (unpaired) electrons. The minimum atomic E-state index is -3.77. The molecule has 8 heteroatoms. The van der Waals surface area contributed by atoms with Gasteiger partial charge >= 0.3 is 0 Å². The van der Waals surface area contributed by atoms with E-state index >= 15 is 0 Å². The number of nitrogens with one attached hydrogen (secondary N) is 1. The van der Waals surface area contributed by atoms with E-state index in [4.69, 9.17) is 9.88 Å². The van der Waals surface area contributed by atoms with Gasteiger partial charge in [-0.3, -0.25) is 4.79 Å². The monoisotopic (exact) mass is 389 g/mol. The minimum absolute atomic E-state index is 0.0284. The molecule has 0 bridgehead atoms. The third-order valence-electron chi connectivity index (χ3n) is 4.65. The minimum Gasteiger partial charge on any atom is -0.380 e. The van der Waals surface area contributed by atoms with Crippen LogP contribution in [0.2, 0.25) is 0 Å². The number of hydrogen-bond acceptors (Lipinski definition) is 5. The van der Waals surface area contributed by atoms with Crippen molar-refractivity contribution in [2.75, 3.05) is 30.4 Å². The fraction of sp³-hybridized carbons (Fsp3) is 0.316. The highest BCUT2D eigenvalue weighted by Gasteiger charge is 2.19. The van der Waals surface area contributed by atoms with Crippen LogP contribution in [0, 0.1) is 0 Å². The number of nitrogens with zero attached hydrogens (tertiary/aromatic N) is 1. The Morgan fingerprint density at radius 1 is 1.15 bits per heavy atom. The van der Waals surface area contributed by atoms with Crippen LogP contribution in [0.4, 0.5) is 11.4 Å². The molecule has 1 fully saturated rings. The molecule has 7 nitrogen and oxygen atoms in total. The summed E-state index contributed by atoms with van der Waals surface area (Å²) in [5, 5.41) is 7.86. The Morgan fingerprint density at radius 2 is 1.81 bits per heavy atom. The van der Waals surface area contributed by atoms with Crippen LogP contribution in [-0.2, 0) is 14.8 Å². The molecule has 1 saturated heterocycles. The first-order valence-electron chi connectivity index (χ1n) is 8.69. The maximum Gasteiger partial charge on any atom is 0.255 e. The van der Waals surface area contributed by atoms with Crippen LogP contribution < -0.4 is 15.4 Å². The second-order valence-corrected chi connectivity index (χ2v) is 8.08. The first-order valence-corrected chi connectivity index (χ1v) is 10.2. The number of primary sulfonamides is 1. The molecular formula is C19H23N3O4S. The van der Waals surface area contributed by atoms with Gasteiger partial charge in [0.25, 0.3) is 5.91 Å². The lowest BCUT2D eigenvalue weighted by molar-refractivity contribution is 0.0893. The Hall–Kier alpha value is -2.42. The van der Waals surface area contributed by atoms with Crippen molar-refractivity contribution in [3.05, 3.63) is 54.1 Å². The summed E-state index contributed by atoms with van der Waals surface area (Å²) in [6, 6.07) is 13.1. The number of sulfonamides is 1. The highest BCUT2D eigenvalue weighted by Crippen LogP contribution is 2.23. The first-order chi connectivity index (χ1) is 12.9. The van der Waals surface area contributed by atoms with Crippen LogP contribution >= 0.6 is 0 Å². The molecule has 0 spiro atoms. The largest absolute Gasteiger partial charge is 0.380 e. The highest BCUT2D eigenvalue weighted by molar-refractivity contribution is 7.89. The van der Waals surface area contributed by atoms with Gasteiger partial charge in [-0.15, -0.1) is 0 Å². The third-order valence-corrected chi connectivity index (χ3v) is 5.58. The van der Waals surface area contributed by atoms with Crippen molar-refractivity contribution in [1.82, 2.24) is 0 Å². The fourth-order valence-corrected chi connectivity index (χ4v) is 3.64. The van der Waals surface area contributed by atoms with E-state index in [0.29, 0.717) is 11.3 Å². The predicted molar refractivity (Wildman–Crippen MR) is 104 cm³/mol. The summed E-state index contributed by atoms with van der Waals surface area (Å²) in [4.78, 5) is 14.6. The molecule has 0 saturated carbocycles. The molecule has 2 aromatic carbocycles. The molecule has 1 unspecified atom stereocenters. The van der Waals surface area contributed by atoms with Gasteiger partial charge in [0.15, 0.2) is 0 Å². The summed E-state index contributed by atoms with van der Waals surface area (Å²) in [5.41, 5.74) is 2.11. The lowest BCUT2D eigenvalue weighted by Crippen LogP contribution is -2.39. The van der Waals surface area contributed by atoms with Gasteiger partial charge in [-0.1, -0.05) is 0 Å². The summed E-state index contributed by atoms with van der Waals surface area (Å²) < 4.78 is 28.0. The van der Waals surface area contributed by atoms with Crippen LogP contribution in [0.25, 0.3) is 0 Å². The van der Waals surface area contributed by atoms with Crippen molar-refractivity contribution in [3.63, 3.8) is 0 Å². The molecular weight excluding hydrogens is 366 g/mol. The average Bonchev–Trinajstić information content (AvgIpc) is 2.68. The van der Waals surface area contributed by atoms with E-state index in [1.54, 1.807) is 7.11 Å². The van der Waals surface area contributed by atoms with Crippen LogP contribution in [0.15, 0.2) is 53.4 Å². The third kappa shape index (κ3) is 4.85. The van der Waals surface area contributed by atoms with E-state index < -0.39 is 10.0 Å². The summed E-state index contributed by atoms with van der Waals surface area (Å²) in [7, 11) is -2.03. The molecule has 0 aromatic heterocycles. The smallest absolute Gasteiger partial charge is 0.255 e. The number of anilines is 2. The van der Waals surface area contributed by atoms with Gasteiger partial charge in [0, 0.05) is 37.1 Å². The SMILES string of the molecule is COC1CCCN(c2ccc(NC(=O)c3ccc(S(N)(=O)=O)cc3)cc2)C1. The zero-order valence-corrected chi connectivity index (χ0v) is 15.9. The maximum absolute atomic E-state index is 12.3. The molecule has 0 aliphatic carbocycles. The summed E-state index contributed by atoms with van der Waals surface area (Å²) in [5.74, 6) is -0.318. The summed E-state index contributed by atoms with van der Waals surface area (Å²) in [6.45, 7) is 1.85.